The molecule has 0 spiro atoms. The molecule has 7 nitrogen and oxygen atoms in total. The van der Waals surface area contributed by atoms with Gasteiger partial charge in [-0.05, 0) is 73.2 Å². The molecule has 2 saturated heterocycles. The molecule has 0 radical (unpaired) electrons. The summed E-state index contributed by atoms with van der Waals surface area (Å²) >= 11 is 6.74. The first-order valence-electron chi connectivity index (χ1n) is 14.4. The number of carbonyl (C=O) groups excluding carboxylic acids is 4. The van der Waals surface area contributed by atoms with Crippen LogP contribution in [0.5, 0.6) is 5.75 Å². The summed E-state index contributed by atoms with van der Waals surface area (Å²) in [4.78, 5) is 59.0. The van der Waals surface area contributed by atoms with E-state index in [2.05, 4.69) is 6.58 Å². The lowest BCUT2D eigenvalue weighted by Gasteiger charge is -2.49. The minimum absolute atomic E-state index is 0.0186. The van der Waals surface area contributed by atoms with E-state index in [1.807, 2.05) is 31.2 Å². The van der Waals surface area contributed by atoms with Crippen LogP contribution in [0.2, 0.25) is 5.02 Å². The lowest BCUT2D eigenvalue weighted by molar-refractivity contribution is -0.131. The molecule has 1 saturated carbocycles. The minimum Gasteiger partial charge on any atom is -0.508 e. The monoisotopic (exact) mass is 592 g/mol. The molecule has 2 aliphatic carbocycles. The quantitative estimate of drug-likeness (QED) is 0.291. The summed E-state index contributed by atoms with van der Waals surface area (Å²) in [6.07, 6.45) is 4.27. The van der Waals surface area contributed by atoms with Crippen LogP contribution in [-0.2, 0) is 19.2 Å². The Morgan fingerprint density at radius 2 is 1.58 bits per heavy atom. The minimum atomic E-state index is -1.20. The van der Waals surface area contributed by atoms with Gasteiger partial charge in [0.05, 0.1) is 34.5 Å². The highest BCUT2D eigenvalue weighted by Crippen LogP contribution is 2.64. The first-order chi connectivity index (χ1) is 20.7. The predicted molar refractivity (Wildman–Crippen MR) is 163 cm³/mol. The molecule has 0 aromatic heterocycles. The predicted octanol–water partition coefficient (Wildman–Crippen LogP) is 6.12. The van der Waals surface area contributed by atoms with Crippen LogP contribution in [0.3, 0.4) is 0 Å². The normalized spacial score (nSPS) is 29.7. The third-order valence-electron chi connectivity index (χ3n) is 9.97. The van der Waals surface area contributed by atoms with Crippen LogP contribution >= 0.6 is 11.6 Å². The van der Waals surface area contributed by atoms with E-state index in [1.54, 1.807) is 48.5 Å². The summed E-state index contributed by atoms with van der Waals surface area (Å²) in [7, 11) is 0. The van der Waals surface area contributed by atoms with Crippen LogP contribution in [-0.4, -0.2) is 28.7 Å². The van der Waals surface area contributed by atoms with Crippen molar-refractivity contribution in [1.29, 1.82) is 0 Å². The highest BCUT2D eigenvalue weighted by Gasteiger charge is 2.67. The van der Waals surface area contributed by atoms with Crippen LogP contribution in [0.25, 0.3) is 6.08 Å². The third kappa shape index (κ3) is 3.80. The molecule has 2 heterocycles. The van der Waals surface area contributed by atoms with E-state index < -0.39 is 35.0 Å². The van der Waals surface area contributed by atoms with Gasteiger partial charge >= 0.3 is 0 Å². The zero-order chi connectivity index (χ0) is 30.2. The topological polar surface area (TPSA) is 95.0 Å². The number of phenolic OH excluding ortho intramolecular Hbond substituents is 1. The van der Waals surface area contributed by atoms with E-state index in [4.69, 9.17) is 11.6 Å². The van der Waals surface area contributed by atoms with Crippen molar-refractivity contribution in [3.63, 3.8) is 0 Å². The fraction of sp³-hybridized carbons (Fsp3) is 0.257. The maximum atomic E-state index is 14.4. The second-order valence-electron chi connectivity index (χ2n) is 12.0. The number of allylic oxidation sites excluding steroid dienone is 2. The summed E-state index contributed by atoms with van der Waals surface area (Å²) in [6.45, 7) is 5.58. The molecule has 1 N–H and O–H groups in total. The molecule has 8 heteroatoms. The van der Waals surface area contributed by atoms with Gasteiger partial charge in [-0.25, -0.2) is 4.90 Å². The second-order valence-corrected chi connectivity index (χ2v) is 12.4. The number of hydrogen-bond acceptors (Lipinski definition) is 5. The van der Waals surface area contributed by atoms with Gasteiger partial charge in [-0.3, -0.25) is 24.1 Å². The molecule has 3 aromatic carbocycles. The number of nitrogens with zero attached hydrogens (tertiary/aromatic N) is 2. The molecular weight excluding hydrogens is 564 g/mol. The highest BCUT2D eigenvalue weighted by molar-refractivity contribution is 6.32. The van der Waals surface area contributed by atoms with Gasteiger partial charge in [0.25, 0.3) is 0 Å². The molecule has 7 rings (SSSR count). The molecule has 3 aromatic rings. The SMILES string of the molecule is C=Cc1ccc(N2C(=O)[C@H]3[C@H](CC=C4[C@H]3C[C@H]3C(=O)N(c5ccccc5)C(=O)[C@@]3(C)[C@H]4c3ccc(O)cc3Cl)C2=O)cc1. The molecule has 6 atom stereocenters. The lowest BCUT2D eigenvalue weighted by Crippen LogP contribution is -2.49. The van der Waals surface area contributed by atoms with Crippen LogP contribution in [0.4, 0.5) is 11.4 Å². The van der Waals surface area contributed by atoms with E-state index in [0.717, 1.165) is 11.1 Å². The van der Waals surface area contributed by atoms with Crippen LogP contribution < -0.4 is 9.80 Å². The van der Waals surface area contributed by atoms with Gasteiger partial charge in [0.2, 0.25) is 23.6 Å². The maximum absolute atomic E-state index is 14.4. The number of aromatic hydroxyl groups is 1. The third-order valence-corrected chi connectivity index (χ3v) is 10.3. The second kappa shape index (κ2) is 9.78. The Hall–Kier alpha value is -4.49. The van der Waals surface area contributed by atoms with Crippen molar-refractivity contribution in [3.05, 3.63) is 107 Å². The van der Waals surface area contributed by atoms with Crippen molar-refractivity contribution in [3.8, 4) is 5.75 Å². The van der Waals surface area contributed by atoms with Gasteiger partial charge in [-0.15, -0.1) is 0 Å². The molecule has 2 aliphatic heterocycles. The number of para-hydroxylation sites is 1. The summed E-state index contributed by atoms with van der Waals surface area (Å²) in [6, 6.07) is 20.6. The molecular formula is C35H29ClN2O5. The lowest BCUT2D eigenvalue weighted by atomic mass is 9.51. The van der Waals surface area contributed by atoms with Crippen LogP contribution in [0, 0.1) is 29.1 Å². The molecule has 4 aliphatic rings. The summed E-state index contributed by atoms with van der Waals surface area (Å²) < 4.78 is 0. The highest BCUT2D eigenvalue weighted by atomic mass is 35.5. The first-order valence-corrected chi connectivity index (χ1v) is 14.8. The van der Waals surface area contributed by atoms with Gasteiger partial charge in [0.1, 0.15) is 5.75 Å². The van der Waals surface area contributed by atoms with Gasteiger partial charge in [-0.1, -0.05) is 72.3 Å². The average Bonchev–Trinajstić information content (AvgIpc) is 3.37. The Morgan fingerprint density at radius 3 is 2.26 bits per heavy atom. The number of amides is 4. The first kappa shape index (κ1) is 27.3. The zero-order valence-corrected chi connectivity index (χ0v) is 24.2. The van der Waals surface area contributed by atoms with Gasteiger partial charge in [0.15, 0.2) is 0 Å². The number of benzene rings is 3. The Balaban J connectivity index is 1.36. The smallest absolute Gasteiger partial charge is 0.241 e. The van der Waals surface area contributed by atoms with E-state index in [1.165, 1.54) is 21.9 Å². The van der Waals surface area contributed by atoms with E-state index >= 15 is 0 Å². The summed E-state index contributed by atoms with van der Waals surface area (Å²) in [5.41, 5.74) is 2.10. The number of halogens is 1. The van der Waals surface area contributed by atoms with E-state index in [9.17, 15) is 24.3 Å². The summed E-state index contributed by atoms with van der Waals surface area (Å²) in [5.74, 6) is -4.32. The van der Waals surface area contributed by atoms with E-state index in [0.29, 0.717) is 23.4 Å². The largest absolute Gasteiger partial charge is 0.508 e. The standard InChI is InChI=1S/C35H29ClN2O5/c1-3-19-9-11-21(12-10-19)37-31(40)25-16-15-23-26(29(25)33(37)42)18-27-32(41)38(20-7-5-4-6-8-20)34(43)35(27,2)30(23)24-14-13-22(39)17-28(24)36/h3-15,17,25-27,29-30,39H,1,16,18H2,2H3/t25-,26+,27-,29-,30+,35+/m0/s1. The van der Waals surface area contributed by atoms with Gasteiger partial charge in [-0.2, -0.15) is 0 Å². The van der Waals surface area contributed by atoms with Crippen molar-refractivity contribution >= 4 is 52.7 Å². The van der Waals surface area contributed by atoms with Gasteiger partial charge in [0, 0.05) is 10.9 Å². The van der Waals surface area contributed by atoms with Crippen LogP contribution in [0.1, 0.15) is 36.8 Å². The molecule has 3 fully saturated rings. The Labute approximate surface area is 254 Å². The summed E-state index contributed by atoms with van der Waals surface area (Å²) in [5, 5.41) is 10.4. The van der Waals surface area contributed by atoms with Crippen molar-refractivity contribution in [2.24, 2.45) is 29.1 Å². The Morgan fingerprint density at radius 1 is 0.884 bits per heavy atom. The zero-order valence-electron chi connectivity index (χ0n) is 23.4. The number of imide groups is 2. The maximum Gasteiger partial charge on any atom is 0.241 e. The molecule has 0 unspecified atom stereocenters. The number of anilines is 2. The Bertz CT molecular complexity index is 1750. The van der Waals surface area contributed by atoms with E-state index in [-0.39, 0.29) is 40.8 Å². The Kier molecular flexibility index (Phi) is 6.22. The van der Waals surface area contributed by atoms with Gasteiger partial charge < -0.3 is 5.11 Å². The van der Waals surface area contributed by atoms with Crippen LogP contribution in [0.15, 0.2) is 91.0 Å². The molecule has 43 heavy (non-hydrogen) atoms. The van der Waals surface area contributed by atoms with Crippen molar-refractivity contribution in [2.45, 2.75) is 25.7 Å². The fourth-order valence-electron chi connectivity index (χ4n) is 7.95. The number of fused-ring (bicyclic) bond motifs is 4. The number of phenols is 1. The average molecular weight is 593 g/mol. The molecule has 0 bridgehead atoms. The number of rotatable bonds is 4. The molecule has 216 valence electrons. The van der Waals surface area contributed by atoms with Crippen molar-refractivity contribution in [1.82, 2.24) is 0 Å². The fourth-order valence-corrected chi connectivity index (χ4v) is 8.23. The van der Waals surface area contributed by atoms with Crippen molar-refractivity contribution in [2.75, 3.05) is 9.80 Å². The number of hydrogen-bond donors (Lipinski definition) is 1. The molecule has 4 amide bonds. The number of carbonyl (C=O) groups is 4. The van der Waals surface area contributed by atoms with Crippen molar-refractivity contribution < 1.29 is 24.3 Å².